The molecule has 0 aliphatic carbocycles. The number of rotatable bonds is 4. The number of carbonyl (C=O) groups is 1. The van der Waals surface area contributed by atoms with Crippen LogP contribution in [-0.4, -0.2) is 48.2 Å². The van der Waals surface area contributed by atoms with Gasteiger partial charge in [-0.25, -0.2) is 0 Å². The number of hydrogen-bond donors (Lipinski definition) is 1. The minimum absolute atomic E-state index is 0.0874. The molecular formula is C13H16N2O5. The Labute approximate surface area is 115 Å². The van der Waals surface area contributed by atoms with E-state index < -0.39 is 4.92 Å². The van der Waals surface area contributed by atoms with Gasteiger partial charge in [-0.05, 0) is 13.0 Å². The van der Waals surface area contributed by atoms with Gasteiger partial charge < -0.3 is 14.7 Å². The van der Waals surface area contributed by atoms with Crippen molar-refractivity contribution in [3.63, 3.8) is 0 Å². The monoisotopic (exact) mass is 280 g/mol. The minimum Gasteiger partial charge on any atom is -0.394 e. The number of hydrogen-bond acceptors (Lipinski definition) is 6. The van der Waals surface area contributed by atoms with Crippen LogP contribution in [0.3, 0.4) is 0 Å². The molecule has 1 saturated heterocycles. The first-order valence-electron chi connectivity index (χ1n) is 6.30. The molecule has 0 radical (unpaired) electrons. The first kappa shape index (κ1) is 14.4. The normalized spacial score (nSPS) is 22.6. The van der Waals surface area contributed by atoms with Gasteiger partial charge in [0, 0.05) is 36.5 Å². The van der Waals surface area contributed by atoms with Crippen LogP contribution >= 0.6 is 0 Å². The fourth-order valence-corrected chi connectivity index (χ4v) is 2.38. The van der Waals surface area contributed by atoms with Gasteiger partial charge in [0.1, 0.15) is 0 Å². The summed E-state index contributed by atoms with van der Waals surface area (Å²) in [6, 6.07) is 4.20. The molecule has 0 aromatic heterocycles. The van der Waals surface area contributed by atoms with Crippen LogP contribution in [0.1, 0.15) is 17.3 Å². The van der Waals surface area contributed by atoms with Crippen LogP contribution in [0, 0.1) is 10.1 Å². The number of aliphatic hydroxyl groups excluding tert-OH is 1. The molecule has 0 amide bonds. The number of nitro groups is 1. The third-order valence-electron chi connectivity index (χ3n) is 3.22. The van der Waals surface area contributed by atoms with E-state index in [0.29, 0.717) is 25.1 Å². The molecule has 2 rings (SSSR count). The highest BCUT2D eigenvalue weighted by molar-refractivity contribution is 5.86. The van der Waals surface area contributed by atoms with Gasteiger partial charge >= 0.3 is 0 Å². The van der Waals surface area contributed by atoms with Crippen molar-refractivity contribution in [3.05, 3.63) is 33.9 Å². The summed E-state index contributed by atoms with van der Waals surface area (Å²) in [7, 11) is 0. The van der Waals surface area contributed by atoms with Crippen LogP contribution < -0.4 is 4.90 Å². The summed E-state index contributed by atoms with van der Waals surface area (Å²) in [4.78, 5) is 23.3. The summed E-state index contributed by atoms with van der Waals surface area (Å²) < 4.78 is 5.53. The SMILES string of the molecule is CC1CN(c2ccc([N+](=O)[O-])cc2C=O)CC(CO)O1. The van der Waals surface area contributed by atoms with E-state index in [9.17, 15) is 20.0 Å². The van der Waals surface area contributed by atoms with E-state index in [0.717, 1.165) is 0 Å². The molecule has 108 valence electrons. The maximum absolute atomic E-state index is 11.1. The number of morpholine rings is 1. The van der Waals surface area contributed by atoms with E-state index in [4.69, 9.17) is 4.74 Å². The van der Waals surface area contributed by atoms with Crippen LogP contribution in [0.15, 0.2) is 18.2 Å². The molecule has 1 N–H and O–H groups in total. The Morgan fingerprint density at radius 1 is 1.55 bits per heavy atom. The molecule has 1 aromatic rings. The first-order chi connectivity index (χ1) is 9.55. The zero-order chi connectivity index (χ0) is 14.7. The summed E-state index contributed by atoms with van der Waals surface area (Å²) >= 11 is 0. The Balaban J connectivity index is 2.31. The van der Waals surface area contributed by atoms with Crippen LogP contribution in [0.25, 0.3) is 0 Å². The number of carbonyl (C=O) groups excluding carboxylic acids is 1. The van der Waals surface area contributed by atoms with Crippen LogP contribution in [0.5, 0.6) is 0 Å². The van der Waals surface area contributed by atoms with Crippen molar-refractivity contribution < 1.29 is 19.6 Å². The molecule has 1 aliphatic rings. The third-order valence-corrected chi connectivity index (χ3v) is 3.22. The van der Waals surface area contributed by atoms with Gasteiger partial charge in [0.2, 0.25) is 0 Å². The van der Waals surface area contributed by atoms with E-state index in [1.54, 1.807) is 6.07 Å². The van der Waals surface area contributed by atoms with Gasteiger partial charge in [-0.3, -0.25) is 14.9 Å². The van der Waals surface area contributed by atoms with Crippen molar-refractivity contribution in [2.24, 2.45) is 0 Å². The highest BCUT2D eigenvalue weighted by Gasteiger charge is 2.26. The second-order valence-electron chi connectivity index (χ2n) is 4.77. The van der Waals surface area contributed by atoms with Gasteiger partial charge in [0.25, 0.3) is 5.69 Å². The van der Waals surface area contributed by atoms with E-state index in [1.165, 1.54) is 12.1 Å². The lowest BCUT2D eigenvalue weighted by atomic mass is 10.1. The Morgan fingerprint density at radius 3 is 2.90 bits per heavy atom. The number of benzene rings is 1. The Morgan fingerprint density at radius 2 is 2.30 bits per heavy atom. The molecule has 20 heavy (non-hydrogen) atoms. The van der Waals surface area contributed by atoms with Crippen molar-refractivity contribution in [1.29, 1.82) is 0 Å². The average molecular weight is 280 g/mol. The lowest BCUT2D eigenvalue weighted by Crippen LogP contribution is -2.48. The predicted octanol–water partition coefficient (Wildman–Crippen LogP) is 0.993. The number of non-ortho nitro benzene ring substituents is 1. The smallest absolute Gasteiger partial charge is 0.270 e. The zero-order valence-electron chi connectivity index (χ0n) is 11.1. The highest BCUT2D eigenvalue weighted by atomic mass is 16.6. The Kier molecular flexibility index (Phi) is 4.31. The number of ether oxygens (including phenoxy) is 1. The van der Waals surface area contributed by atoms with Crippen LogP contribution in [0.4, 0.5) is 11.4 Å². The standard InChI is InChI=1S/C13H16N2O5/c1-9-5-14(6-12(8-17)20-9)13-3-2-11(15(18)19)4-10(13)7-16/h2-4,7,9,12,17H,5-6,8H2,1H3. The van der Waals surface area contributed by atoms with Crippen molar-refractivity contribution in [3.8, 4) is 0 Å². The Hall–Kier alpha value is -1.99. The number of nitro benzene ring substituents is 1. The summed E-state index contributed by atoms with van der Waals surface area (Å²) in [5, 5.41) is 19.9. The molecule has 7 nitrogen and oxygen atoms in total. The van der Waals surface area contributed by atoms with Crippen molar-refractivity contribution in [1.82, 2.24) is 0 Å². The van der Waals surface area contributed by atoms with Crippen molar-refractivity contribution in [2.45, 2.75) is 19.1 Å². The molecule has 1 heterocycles. The molecular weight excluding hydrogens is 264 g/mol. The van der Waals surface area contributed by atoms with Crippen molar-refractivity contribution >= 4 is 17.7 Å². The molecule has 0 bridgehead atoms. The Bertz CT molecular complexity index is 519. The summed E-state index contributed by atoms with van der Waals surface area (Å²) in [5.41, 5.74) is 0.778. The molecule has 1 aliphatic heterocycles. The summed E-state index contributed by atoms with van der Waals surface area (Å²) in [5.74, 6) is 0. The first-order valence-corrected chi connectivity index (χ1v) is 6.30. The summed E-state index contributed by atoms with van der Waals surface area (Å²) in [6.45, 7) is 2.78. The maximum Gasteiger partial charge on any atom is 0.270 e. The molecule has 2 unspecified atom stereocenters. The molecule has 7 heteroatoms. The fraction of sp³-hybridized carbons (Fsp3) is 0.462. The maximum atomic E-state index is 11.1. The van der Waals surface area contributed by atoms with Gasteiger partial charge in [-0.2, -0.15) is 0 Å². The quantitative estimate of drug-likeness (QED) is 0.502. The van der Waals surface area contributed by atoms with Gasteiger partial charge in [0.15, 0.2) is 6.29 Å². The van der Waals surface area contributed by atoms with Gasteiger partial charge in [-0.1, -0.05) is 0 Å². The largest absolute Gasteiger partial charge is 0.394 e. The number of aliphatic hydroxyl groups is 1. The number of anilines is 1. The fourth-order valence-electron chi connectivity index (χ4n) is 2.38. The van der Waals surface area contributed by atoms with E-state index in [1.807, 2.05) is 11.8 Å². The number of nitrogens with zero attached hydrogens (tertiary/aromatic N) is 2. The lowest BCUT2D eigenvalue weighted by Gasteiger charge is -2.38. The predicted molar refractivity (Wildman–Crippen MR) is 72.1 cm³/mol. The van der Waals surface area contributed by atoms with Crippen LogP contribution in [-0.2, 0) is 4.74 Å². The average Bonchev–Trinajstić information content (AvgIpc) is 2.45. The molecule has 1 aromatic carbocycles. The van der Waals surface area contributed by atoms with Crippen molar-refractivity contribution in [2.75, 3.05) is 24.6 Å². The highest BCUT2D eigenvalue weighted by Crippen LogP contribution is 2.27. The van der Waals surface area contributed by atoms with E-state index >= 15 is 0 Å². The second kappa shape index (κ2) is 5.98. The molecule has 2 atom stereocenters. The topological polar surface area (TPSA) is 92.9 Å². The molecule has 1 fully saturated rings. The molecule has 0 spiro atoms. The minimum atomic E-state index is -0.532. The van der Waals surface area contributed by atoms with Gasteiger partial charge in [0.05, 0.1) is 23.7 Å². The van der Waals surface area contributed by atoms with E-state index in [2.05, 4.69) is 0 Å². The van der Waals surface area contributed by atoms with Gasteiger partial charge in [-0.15, -0.1) is 0 Å². The number of aldehydes is 1. The third kappa shape index (κ3) is 2.94. The van der Waals surface area contributed by atoms with E-state index in [-0.39, 0.29) is 30.1 Å². The lowest BCUT2D eigenvalue weighted by molar-refractivity contribution is -0.384. The summed E-state index contributed by atoms with van der Waals surface area (Å²) in [6.07, 6.45) is 0.195. The van der Waals surface area contributed by atoms with Crippen LogP contribution in [0.2, 0.25) is 0 Å². The molecule has 0 saturated carbocycles. The second-order valence-corrected chi connectivity index (χ2v) is 4.77. The zero-order valence-corrected chi connectivity index (χ0v) is 11.1.